The van der Waals surface area contributed by atoms with Gasteiger partial charge in [-0.2, -0.15) is 0 Å². The highest BCUT2D eigenvalue weighted by atomic mass is 32.2. The van der Waals surface area contributed by atoms with Crippen LogP contribution in [0.25, 0.3) is 5.13 Å². The molecule has 0 N–H and O–H groups in total. The van der Waals surface area contributed by atoms with Gasteiger partial charge in [0.1, 0.15) is 15.9 Å². The van der Waals surface area contributed by atoms with E-state index in [4.69, 9.17) is 4.74 Å². The van der Waals surface area contributed by atoms with Gasteiger partial charge in [0.2, 0.25) is 0 Å². The largest absolute Gasteiger partial charge is 0.497 e. The Morgan fingerprint density at radius 1 is 1.18 bits per heavy atom. The molecule has 7 nitrogen and oxygen atoms in total. The summed E-state index contributed by atoms with van der Waals surface area (Å²) in [6, 6.07) is 10.1. The number of amides is 1. The Morgan fingerprint density at radius 2 is 1.82 bits per heavy atom. The van der Waals surface area contributed by atoms with Gasteiger partial charge in [-0.1, -0.05) is 11.3 Å². The zero-order chi connectivity index (χ0) is 19.9. The first kappa shape index (κ1) is 18.7. The molecule has 2 aromatic heterocycles. The Balaban J connectivity index is 1.47. The van der Waals surface area contributed by atoms with Crippen LogP contribution in [0.4, 0.5) is 0 Å². The average molecular weight is 418 g/mol. The molecule has 1 aliphatic heterocycles. The number of ether oxygens (including phenoxy) is 1. The van der Waals surface area contributed by atoms with Crippen LogP contribution in [0.1, 0.15) is 15.4 Å². The lowest BCUT2D eigenvalue weighted by atomic mass is 10.2. The topological polar surface area (TPSA) is 81.5 Å². The summed E-state index contributed by atoms with van der Waals surface area (Å²) in [5.74, 6) is 0.429. The van der Waals surface area contributed by atoms with Crippen LogP contribution in [-0.2, 0) is 9.84 Å². The number of nitrogens with zero attached hydrogens (tertiary/aromatic N) is 3. The molecule has 1 aliphatic rings. The van der Waals surface area contributed by atoms with Crippen molar-refractivity contribution in [2.75, 3.05) is 20.2 Å². The maximum absolute atomic E-state index is 12.8. The molecule has 146 valence electrons. The summed E-state index contributed by atoms with van der Waals surface area (Å²) in [5, 5.41) is 0.121. The van der Waals surface area contributed by atoms with Crippen molar-refractivity contribution in [2.45, 2.75) is 17.1 Å². The molecule has 0 atom stereocenters. The van der Waals surface area contributed by atoms with E-state index in [0.29, 0.717) is 21.5 Å². The standard InChI is InChI=1S/C19H19N3O4S2/c1-13-17(27-19(20-13)21-9-3-4-10-21)18(23)22-11-16(12-22)28(24,25)15-7-5-14(26-2)6-8-15/h3-10,16H,11-12H2,1-2H3. The molecule has 0 aliphatic carbocycles. The van der Waals surface area contributed by atoms with E-state index >= 15 is 0 Å². The van der Waals surface area contributed by atoms with Crippen LogP contribution < -0.4 is 4.74 Å². The van der Waals surface area contributed by atoms with Gasteiger partial charge in [0.15, 0.2) is 15.0 Å². The monoisotopic (exact) mass is 417 g/mol. The Hall–Kier alpha value is -2.65. The van der Waals surface area contributed by atoms with E-state index in [1.807, 2.05) is 29.1 Å². The molecule has 28 heavy (non-hydrogen) atoms. The van der Waals surface area contributed by atoms with Gasteiger partial charge in [0, 0.05) is 25.5 Å². The fraction of sp³-hybridized carbons (Fsp3) is 0.263. The Morgan fingerprint density at radius 3 is 2.43 bits per heavy atom. The van der Waals surface area contributed by atoms with Crippen LogP contribution in [0.15, 0.2) is 53.7 Å². The van der Waals surface area contributed by atoms with Crippen molar-refractivity contribution in [3.05, 3.63) is 59.4 Å². The molecule has 0 unspecified atom stereocenters. The normalized spacial score (nSPS) is 14.7. The van der Waals surface area contributed by atoms with Gasteiger partial charge in [-0.25, -0.2) is 13.4 Å². The number of aromatic nitrogens is 2. The van der Waals surface area contributed by atoms with E-state index in [1.54, 1.807) is 24.0 Å². The van der Waals surface area contributed by atoms with Gasteiger partial charge in [-0.3, -0.25) is 4.79 Å². The van der Waals surface area contributed by atoms with Crippen LogP contribution in [0, 0.1) is 6.92 Å². The number of thiazole rings is 1. The first-order valence-corrected chi connectivity index (χ1v) is 11.0. The molecule has 1 saturated heterocycles. The SMILES string of the molecule is COc1ccc(S(=O)(=O)C2CN(C(=O)c3sc(-n4cccc4)nc3C)C2)cc1. The molecule has 9 heteroatoms. The van der Waals surface area contributed by atoms with Gasteiger partial charge < -0.3 is 14.2 Å². The van der Waals surface area contributed by atoms with Gasteiger partial charge in [0.05, 0.1) is 17.7 Å². The lowest BCUT2D eigenvalue weighted by molar-refractivity contribution is 0.0663. The Bertz CT molecular complexity index is 1100. The molecular formula is C19H19N3O4S2. The first-order chi connectivity index (χ1) is 13.4. The quantitative estimate of drug-likeness (QED) is 0.637. The van der Waals surface area contributed by atoms with Crippen molar-refractivity contribution < 1.29 is 17.9 Å². The fourth-order valence-corrected chi connectivity index (χ4v) is 5.71. The van der Waals surface area contributed by atoms with E-state index in [9.17, 15) is 13.2 Å². The minimum absolute atomic E-state index is 0.172. The summed E-state index contributed by atoms with van der Waals surface area (Å²) in [7, 11) is -1.95. The molecule has 0 bridgehead atoms. The number of likely N-dealkylation sites (tertiary alicyclic amines) is 1. The summed E-state index contributed by atoms with van der Waals surface area (Å²) in [6.07, 6.45) is 3.74. The molecule has 1 fully saturated rings. The number of carbonyl (C=O) groups is 1. The highest BCUT2D eigenvalue weighted by Crippen LogP contribution is 2.29. The highest BCUT2D eigenvalue weighted by Gasteiger charge is 2.41. The predicted octanol–water partition coefficient (Wildman–Crippen LogP) is 2.55. The molecule has 4 rings (SSSR count). The lowest BCUT2D eigenvalue weighted by Gasteiger charge is -2.38. The molecule has 0 saturated carbocycles. The third-order valence-corrected chi connectivity index (χ3v) is 8.03. The number of sulfone groups is 1. The second kappa shape index (κ2) is 7.06. The van der Waals surface area contributed by atoms with Crippen molar-refractivity contribution in [1.82, 2.24) is 14.5 Å². The first-order valence-electron chi connectivity index (χ1n) is 8.68. The number of aryl methyl sites for hydroxylation is 1. The third-order valence-electron chi connectivity index (χ3n) is 4.77. The second-order valence-electron chi connectivity index (χ2n) is 6.55. The maximum atomic E-state index is 12.8. The Labute approximate surface area is 167 Å². The van der Waals surface area contributed by atoms with E-state index < -0.39 is 15.1 Å². The molecular weight excluding hydrogens is 398 g/mol. The Kier molecular flexibility index (Phi) is 4.72. The summed E-state index contributed by atoms with van der Waals surface area (Å²) >= 11 is 1.31. The van der Waals surface area contributed by atoms with Crippen molar-refractivity contribution in [3.63, 3.8) is 0 Å². The molecule has 0 spiro atoms. The zero-order valence-electron chi connectivity index (χ0n) is 15.4. The number of hydrogen-bond donors (Lipinski definition) is 0. The number of benzene rings is 1. The summed E-state index contributed by atoms with van der Waals surface area (Å²) < 4.78 is 32.4. The summed E-state index contributed by atoms with van der Waals surface area (Å²) in [5.41, 5.74) is 0.653. The minimum Gasteiger partial charge on any atom is -0.497 e. The summed E-state index contributed by atoms with van der Waals surface area (Å²) in [6.45, 7) is 2.16. The summed E-state index contributed by atoms with van der Waals surface area (Å²) in [4.78, 5) is 19.6. The number of methoxy groups -OCH3 is 1. The number of rotatable bonds is 5. The highest BCUT2D eigenvalue weighted by molar-refractivity contribution is 7.92. The second-order valence-corrected chi connectivity index (χ2v) is 9.76. The average Bonchev–Trinajstić information content (AvgIpc) is 3.29. The van der Waals surface area contributed by atoms with E-state index in [-0.39, 0.29) is 23.9 Å². The van der Waals surface area contributed by atoms with Gasteiger partial charge in [0.25, 0.3) is 5.91 Å². The minimum atomic E-state index is -3.48. The van der Waals surface area contributed by atoms with Gasteiger partial charge in [-0.15, -0.1) is 0 Å². The smallest absolute Gasteiger partial charge is 0.266 e. The number of carbonyl (C=O) groups excluding carboxylic acids is 1. The van der Waals surface area contributed by atoms with Crippen molar-refractivity contribution in [3.8, 4) is 10.9 Å². The molecule has 1 amide bonds. The van der Waals surface area contributed by atoms with Crippen LogP contribution in [0.2, 0.25) is 0 Å². The van der Waals surface area contributed by atoms with Crippen LogP contribution in [0.3, 0.4) is 0 Å². The van der Waals surface area contributed by atoms with E-state index in [2.05, 4.69) is 4.98 Å². The van der Waals surface area contributed by atoms with Gasteiger partial charge in [-0.05, 0) is 43.3 Å². The van der Waals surface area contributed by atoms with Crippen molar-refractivity contribution >= 4 is 27.1 Å². The molecule has 3 heterocycles. The zero-order valence-corrected chi connectivity index (χ0v) is 17.0. The predicted molar refractivity (Wildman–Crippen MR) is 106 cm³/mol. The van der Waals surface area contributed by atoms with Crippen molar-refractivity contribution in [2.24, 2.45) is 0 Å². The molecule has 0 radical (unpaired) electrons. The fourth-order valence-electron chi connectivity index (χ4n) is 3.05. The van der Waals surface area contributed by atoms with Crippen LogP contribution >= 0.6 is 11.3 Å². The van der Waals surface area contributed by atoms with Gasteiger partial charge >= 0.3 is 0 Å². The number of hydrogen-bond acceptors (Lipinski definition) is 6. The maximum Gasteiger partial charge on any atom is 0.266 e. The van der Waals surface area contributed by atoms with E-state index in [1.165, 1.54) is 30.6 Å². The van der Waals surface area contributed by atoms with Crippen LogP contribution in [0.5, 0.6) is 5.75 Å². The van der Waals surface area contributed by atoms with Crippen molar-refractivity contribution in [1.29, 1.82) is 0 Å². The third kappa shape index (κ3) is 3.20. The molecule has 1 aromatic carbocycles. The lowest BCUT2D eigenvalue weighted by Crippen LogP contribution is -2.56. The van der Waals surface area contributed by atoms with Crippen LogP contribution in [-0.4, -0.2) is 54.2 Å². The van der Waals surface area contributed by atoms with E-state index in [0.717, 1.165) is 0 Å². The molecule has 3 aromatic rings.